The largest absolute Gasteiger partial charge is 0.313 e. The number of nitrogens with zero attached hydrogens (tertiary/aromatic N) is 2. The number of aryl methyl sites for hydroxylation is 1. The van der Waals surface area contributed by atoms with Crippen LogP contribution < -0.4 is 4.90 Å². The standard InChI is InChI=1S/C17H13ClN2O2S/c1-11-6-7-17-16(8-11)20(10-13(9-19)23(17,21)22)15-5-3-4-14(18)12(15)2/h3-8,10H,1-2H3. The maximum absolute atomic E-state index is 12.5. The molecule has 0 fully saturated rings. The number of nitriles is 1. The van der Waals surface area contributed by atoms with Crippen molar-refractivity contribution in [2.45, 2.75) is 18.7 Å². The van der Waals surface area contributed by atoms with E-state index in [0.29, 0.717) is 10.7 Å². The summed E-state index contributed by atoms with van der Waals surface area (Å²) < 4.78 is 25.1. The highest BCUT2D eigenvalue weighted by Crippen LogP contribution is 2.41. The Morgan fingerprint density at radius 3 is 2.57 bits per heavy atom. The molecule has 0 saturated carbocycles. The van der Waals surface area contributed by atoms with Crippen molar-refractivity contribution in [3.05, 3.63) is 63.7 Å². The van der Waals surface area contributed by atoms with Crippen LogP contribution in [0.1, 0.15) is 11.1 Å². The van der Waals surface area contributed by atoms with Crippen molar-refractivity contribution in [2.24, 2.45) is 0 Å². The molecule has 3 rings (SSSR count). The summed E-state index contributed by atoms with van der Waals surface area (Å²) in [5, 5.41) is 9.83. The van der Waals surface area contributed by atoms with Crippen LogP contribution in [0.3, 0.4) is 0 Å². The van der Waals surface area contributed by atoms with E-state index in [1.165, 1.54) is 12.3 Å². The van der Waals surface area contributed by atoms with E-state index in [1.54, 1.807) is 35.2 Å². The van der Waals surface area contributed by atoms with Gasteiger partial charge in [-0.05, 0) is 49.2 Å². The highest BCUT2D eigenvalue weighted by Gasteiger charge is 2.32. The van der Waals surface area contributed by atoms with Crippen molar-refractivity contribution in [2.75, 3.05) is 4.90 Å². The highest BCUT2D eigenvalue weighted by atomic mass is 35.5. The van der Waals surface area contributed by atoms with Gasteiger partial charge in [-0.1, -0.05) is 23.7 Å². The molecule has 0 N–H and O–H groups in total. The first-order valence-corrected chi connectivity index (χ1v) is 8.74. The minimum atomic E-state index is -3.79. The Morgan fingerprint density at radius 2 is 1.87 bits per heavy atom. The zero-order valence-electron chi connectivity index (χ0n) is 12.5. The van der Waals surface area contributed by atoms with E-state index in [1.807, 2.05) is 19.9 Å². The Hall–Kier alpha value is -2.29. The Kier molecular flexibility index (Phi) is 3.67. The average molecular weight is 345 g/mol. The number of allylic oxidation sites excluding steroid dienone is 1. The predicted octanol–water partition coefficient (Wildman–Crippen LogP) is 4.25. The van der Waals surface area contributed by atoms with Crippen LogP contribution in [0.4, 0.5) is 11.4 Å². The number of hydrogen-bond acceptors (Lipinski definition) is 4. The Labute approximate surface area is 140 Å². The molecule has 1 aliphatic heterocycles. The molecule has 23 heavy (non-hydrogen) atoms. The maximum Gasteiger partial charge on any atom is 0.220 e. The van der Waals surface area contributed by atoms with Gasteiger partial charge in [0.15, 0.2) is 4.91 Å². The first-order chi connectivity index (χ1) is 10.9. The lowest BCUT2D eigenvalue weighted by atomic mass is 10.1. The van der Waals surface area contributed by atoms with E-state index in [4.69, 9.17) is 11.6 Å². The minimum absolute atomic E-state index is 0.126. The molecular weight excluding hydrogens is 332 g/mol. The number of anilines is 2. The topological polar surface area (TPSA) is 61.2 Å². The SMILES string of the molecule is Cc1ccc2c(c1)N(c1cccc(Cl)c1C)C=C(C#N)S2(=O)=O. The van der Waals surface area contributed by atoms with Crippen molar-refractivity contribution in [1.82, 2.24) is 0 Å². The second-order valence-corrected chi connectivity index (χ2v) is 7.63. The van der Waals surface area contributed by atoms with E-state index in [2.05, 4.69) is 0 Å². The number of hydrogen-bond donors (Lipinski definition) is 0. The molecule has 0 amide bonds. The summed E-state index contributed by atoms with van der Waals surface area (Å²) in [6, 6.07) is 12.2. The lowest BCUT2D eigenvalue weighted by Crippen LogP contribution is -2.22. The molecular formula is C17H13ClN2O2S. The second-order valence-electron chi connectivity index (χ2n) is 5.33. The lowest BCUT2D eigenvalue weighted by Gasteiger charge is -2.29. The summed E-state index contributed by atoms with van der Waals surface area (Å²) in [4.78, 5) is 1.55. The third kappa shape index (κ3) is 2.40. The molecule has 1 aliphatic rings. The van der Waals surface area contributed by atoms with Crippen LogP contribution in [0.15, 0.2) is 52.4 Å². The van der Waals surface area contributed by atoms with Gasteiger partial charge in [0, 0.05) is 11.2 Å². The Morgan fingerprint density at radius 1 is 1.13 bits per heavy atom. The Bertz CT molecular complexity index is 988. The monoisotopic (exact) mass is 344 g/mol. The summed E-state index contributed by atoms with van der Waals surface area (Å²) in [5.74, 6) is 0. The lowest BCUT2D eigenvalue weighted by molar-refractivity contribution is 0.602. The number of benzene rings is 2. The van der Waals surface area contributed by atoms with E-state index >= 15 is 0 Å². The molecule has 0 saturated heterocycles. The van der Waals surface area contributed by atoms with Crippen LogP contribution in [-0.2, 0) is 9.84 Å². The molecule has 1 heterocycles. The molecule has 4 nitrogen and oxygen atoms in total. The van der Waals surface area contributed by atoms with Crippen molar-refractivity contribution in [3.8, 4) is 6.07 Å². The molecule has 116 valence electrons. The van der Waals surface area contributed by atoms with E-state index in [9.17, 15) is 13.7 Å². The van der Waals surface area contributed by atoms with Crippen molar-refractivity contribution in [3.63, 3.8) is 0 Å². The van der Waals surface area contributed by atoms with Crippen LogP contribution in [0, 0.1) is 25.2 Å². The molecule has 2 aromatic rings. The fraction of sp³-hybridized carbons (Fsp3) is 0.118. The predicted molar refractivity (Wildman–Crippen MR) is 90.4 cm³/mol. The number of halogens is 1. The van der Waals surface area contributed by atoms with E-state index in [-0.39, 0.29) is 9.80 Å². The van der Waals surface area contributed by atoms with E-state index in [0.717, 1.165) is 16.8 Å². The van der Waals surface area contributed by atoms with Crippen LogP contribution >= 0.6 is 11.6 Å². The maximum atomic E-state index is 12.5. The molecule has 0 aliphatic carbocycles. The number of rotatable bonds is 1. The van der Waals surface area contributed by atoms with Crippen LogP contribution in [0.25, 0.3) is 0 Å². The molecule has 0 bridgehead atoms. The first kappa shape index (κ1) is 15.6. The molecule has 0 atom stereocenters. The first-order valence-electron chi connectivity index (χ1n) is 6.88. The smallest absolute Gasteiger partial charge is 0.220 e. The van der Waals surface area contributed by atoms with Crippen molar-refractivity contribution in [1.29, 1.82) is 5.26 Å². The second kappa shape index (κ2) is 5.41. The van der Waals surface area contributed by atoms with Crippen molar-refractivity contribution < 1.29 is 8.42 Å². The fourth-order valence-corrected chi connectivity index (χ4v) is 4.01. The van der Waals surface area contributed by atoms with Gasteiger partial charge in [0.2, 0.25) is 9.84 Å². The quantitative estimate of drug-likeness (QED) is 0.776. The van der Waals surface area contributed by atoms with Gasteiger partial charge in [0.1, 0.15) is 6.07 Å². The third-order valence-electron chi connectivity index (χ3n) is 3.81. The number of fused-ring (bicyclic) bond motifs is 1. The zero-order chi connectivity index (χ0) is 16.8. The summed E-state index contributed by atoms with van der Waals surface area (Å²) in [6.45, 7) is 3.75. The van der Waals surface area contributed by atoms with Gasteiger partial charge in [-0.15, -0.1) is 0 Å². The van der Waals surface area contributed by atoms with Gasteiger partial charge in [0.05, 0.1) is 16.3 Å². The Balaban J connectivity index is 2.36. The van der Waals surface area contributed by atoms with E-state index < -0.39 is 9.84 Å². The van der Waals surface area contributed by atoms with Gasteiger partial charge in [0.25, 0.3) is 0 Å². The van der Waals surface area contributed by atoms with Crippen LogP contribution in [0.2, 0.25) is 5.02 Å². The van der Waals surface area contributed by atoms with Gasteiger partial charge in [-0.2, -0.15) is 5.26 Å². The van der Waals surface area contributed by atoms with Gasteiger partial charge in [-0.25, -0.2) is 8.42 Å². The summed E-state index contributed by atoms with van der Waals surface area (Å²) in [7, 11) is -3.79. The van der Waals surface area contributed by atoms with Gasteiger partial charge >= 0.3 is 0 Å². The van der Waals surface area contributed by atoms with Gasteiger partial charge in [-0.3, -0.25) is 0 Å². The summed E-state index contributed by atoms with van der Waals surface area (Å²) in [5.41, 5.74) is 3.01. The average Bonchev–Trinajstić information content (AvgIpc) is 2.50. The highest BCUT2D eigenvalue weighted by molar-refractivity contribution is 7.95. The normalized spacial score (nSPS) is 15.6. The molecule has 2 aromatic carbocycles. The van der Waals surface area contributed by atoms with Gasteiger partial charge < -0.3 is 4.90 Å². The molecule has 6 heteroatoms. The number of sulfone groups is 1. The van der Waals surface area contributed by atoms with Crippen LogP contribution in [-0.4, -0.2) is 8.42 Å². The molecule has 0 aromatic heterocycles. The van der Waals surface area contributed by atoms with Crippen LogP contribution in [0.5, 0.6) is 0 Å². The fourth-order valence-electron chi connectivity index (χ4n) is 2.56. The molecule has 0 spiro atoms. The molecule has 0 radical (unpaired) electrons. The third-order valence-corrected chi connectivity index (χ3v) is 5.92. The summed E-state index contributed by atoms with van der Waals surface area (Å²) in [6.07, 6.45) is 1.36. The minimum Gasteiger partial charge on any atom is -0.313 e. The molecule has 0 unspecified atom stereocenters. The van der Waals surface area contributed by atoms with Crippen molar-refractivity contribution >= 4 is 32.8 Å². The zero-order valence-corrected chi connectivity index (χ0v) is 14.1. The summed E-state index contributed by atoms with van der Waals surface area (Å²) >= 11 is 6.19.